The molecule has 8 unspecified atom stereocenters. The molecule has 3 N–H and O–H groups in total. The number of rotatable bonds is 41. The van der Waals surface area contributed by atoms with Crippen LogP contribution in [0.15, 0.2) is 0 Å². The van der Waals surface area contributed by atoms with Crippen molar-refractivity contribution in [3.63, 3.8) is 0 Å². The minimum Gasteiger partial charge on any atom is -0.756 e. The maximum absolute atomic E-state index is 11.7. The molecule has 26 nitrogen and oxygen atoms in total. The summed E-state index contributed by atoms with van der Waals surface area (Å²) >= 11 is 3.76. The van der Waals surface area contributed by atoms with Gasteiger partial charge in [-0.15, -0.1) is 0 Å². The average molecular weight is 1050 g/mol. The van der Waals surface area contributed by atoms with E-state index >= 15 is 0 Å². The minimum atomic E-state index is -4.99. The lowest BCUT2D eigenvalue weighted by molar-refractivity contribution is -0.236. The van der Waals surface area contributed by atoms with Crippen molar-refractivity contribution in [1.29, 1.82) is 0 Å². The van der Waals surface area contributed by atoms with Crippen LogP contribution in [0.5, 0.6) is 0 Å². The highest BCUT2D eigenvalue weighted by Crippen LogP contribution is 2.43. The first kappa shape index (κ1) is 64.4. The first-order chi connectivity index (χ1) is 28.4. The summed E-state index contributed by atoms with van der Waals surface area (Å²) in [5, 5.41) is 19.0. The molecule has 370 valence electrons. The average Bonchev–Trinajstić information content (AvgIpc) is 3.17. The number of hydrogen-bond donors (Lipinski definition) is 3. The van der Waals surface area contributed by atoms with Crippen LogP contribution >= 0.6 is 70.5 Å². The van der Waals surface area contributed by atoms with E-state index in [4.69, 9.17) is 19.6 Å². The zero-order chi connectivity index (χ0) is 46.9. The van der Waals surface area contributed by atoms with Gasteiger partial charge in [0.15, 0.2) is 0 Å². The molecule has 0 heterocycles. The summed E-state index contributed by atoms with van der Waals surface area (Å²) < 4.78 is 116. The van der Waals surface area contributed by atoms with Gasteiger partial charge in [-0.25, -0.2) is 0 Å². The summed E-state index contributed by atoms with van der Waals surface area (Å²) in [6.45, 7) is -1.08. The molecule has 0 radical (unpaired) electrons. The second-order valence-electron chi connectivity index (χ2n) is 11.6. The van der Waals surface area contributed by atoms with Crippen molar-refractivity contribution in [2.24, 2.45) is 11.8 Å². The quantitative estimate of drug-likeness (QED) is 0.0437. The molecule has 0 aromatic heterocycles. The summed E-state index contributed by atoms with van der Waals surface area (Å²) in [5.41, 5.74) is 0. The molecule has 8 atom stereocenters. The van der Waals surface area contributed by atoms with Gasteiger partial charge in [-0.1, -0.05) is 33.6 Å². The second-order valence-corrected chi connectivity index (χ2v) is 22.6. The van der Waals surface area contributed by atoms with Crippen LogP contribution in [-0.4, -0.2) is 118 Å². The van der Waals surface area contributed by atoms with Crippen LogP contribution < -0.4 is 29.4 Å². The summed E-state index contributed by atoms with van der Waals surface area (Å²) in [4.78, 5) is 75.9. The molecule has 0 aliphatic rings. The Hall–Kier alpha value is 1.28. The monoisotopic (exact) mass is 1050 g/mol. The third kappa shape index (κ3) is 43.6. The first-order valence-electron chi connectivity index (χ1n) is 18.4. The van der Waals surface area contributed by atoms with Crippen LogP contribution in [-0.2, 0) is 77.2 Å². The Morgan fingerprint density at radius 3 is 1.07 bits per heavy atom. The van der Waals surface area contributed by atoms with Crippen LogP contribution in [0.4, 0.5) is 0 Å². The minimum absolute atomic E-state index is 0.0317. The number of thioether (sulfide) groups is 2. The molecule has 0 aliphatic heterocycles. The third-order valence-electron chi connectivity index (χ3n) is 6.74. The molecular formula is C27H58O26P6S2-6. The number of phosphoric acid groups is 6. The molecule has 0 bridgehead atoms. The van der Waals surface area contributed by atoms with Crippen molar-refractivity contribution in [2.45, 2.75) is 59.3 Å². The van der Waals surface area contributed by atoms with Crippen molar-refractivity contribution in [3.05, 3.63) is 0 Å². The van der Waals surface area contributed by atoms with Gasteiger partial charge < -0.3 is 94.2 Å². The van der Waals surface area contributed by atoms with Crippen molar-refractivity contribution in [1.82, 2.24) is 0 Å². The van der Waals surface area contributed by atoms with Gasteiger partial charge in [0.25, 0.3) is 46.9 Å². The highest BCUT2D eigenvalue weighted by atomic mass is 32.2. The van der Waals surface area contributed by atoms with E-state index in [0.29, 0.717) is 19.3 Å². The molecule has 0 aromatic rings. The van der Waals surface area contributed by atoms with E-state index < -0.39 is 99.8 Å². The SMILES string of the molecule is CCC(CO)COP(=O)([O-])OCCOP(=O)([O-])OCCOP(=O)([O-])O.CCSCSCCCCCCOP(=O)([O-])OCCOP(=O)([O-])OCCOP(=O)([O-])OCC(CC)CO. The van der Waals surface area contributed by atoms with Gasteiger partial charge in [-0.05, 0) is 37.2 Å². The van der Waals surface area contributed by atoms with E-state index in [9.17, 15) is 56.8 Å². The maximum atomic E-state index is 11.7. The fraction of sp³-hybridized carbons (Fsp3) is 1.00. The molecule has 0 fully saturated rings. The molecule has 0 rings (SSSR count). The molecule has 0 saturated heterocycles. The van der Waals surface area contributed by atoms with Crippen LogP contribution in [0.1, 0.15) is 59.3 Å². The zero-order valence-electron chi connectivity index (χ0n) is 33.9. The summed E-state index contributed by atoms with van der Waals surface area (Å²) in [7, 11) is -28.7. The van der Waals surface area contributed by atoms with Gasteiger partial charge in [-0.2, -0.15) is 23.5 Å². The second kappa shape index (κ2) is 36.3. The van der Waals surface area contributed by atoms with Crippen molar-refractivity contribution in [3.8, 4) is 0 Å². The highest BCUT2D eigenvalue weighted by Gasteiger charge is 2.17. The molecule has 61 heavy (non-hydrogen) atoms. The van der Waals surface area contributed by atoms with Crippen LogP contribution in [0.3, 0.4) is 0 Å². The standard InChI is InChI=1S/C18H41O13P3S2.C9H23O13P3/c1-3-18(15-19)16-31-34(24,25)30-13-12-29-33(22,23)28-11-10-27-32(20,21)26-9-7-5-6-8-14-36-17-35-4-2;1-2-9(7-10)8-22-25(16,17)21-6-5-20-24(14,15)19-4-3-18-23(11,12)13/h18-19H,3-17H2,1-2H3,(H,20,21)(H,22,23)(H,24,25);9-10H,2-8H2,1H3,(H,14,15)(H,16,17)(H2,11,12,13)/p-6. The normalized spacial score (nSPS) is 18.9. The third-order valence-corrected chi connectivity index (χ3v) is 14.5. The Labute approximate surface area is 364 Å². The van der Waals surface area contributed by atoms with E-state index in [2.05, 4.69) is 52.2 Å². The lowest BCUT2D eigenvalue weighted by atomic mass is 10.1. The number of aliphatic hydroxyl groups is 2. The molecule has 0 amide bonds. The van der Waals surface area contributed by atoms with E-state index in [1.54, 1.807) is 13.8 Å². The zero-order valence-corrected chi connectivity index (χ0v) is 40.9. The smallest absolute Gasteiger partial charge is 0.268 e. The van der Waals surface area contributed by atoms with Gasteiger partial charge in [0.1, 0.15) is 0 Å². The predicted octanol–water partition coefficient (Wildman–Crippen LogP) is 0.999. The van der Waals surface area contributed by atoms with Gasteiger partial charge in [0, 0.05) is 30.1 Å². The maximum Gasteiger partial charge on any atom is 0.268 e. The Bertz CT molecular complexity index is 1390. The lowest BCUT2D eigenvalue weighted by Gasteiger charge is -2.27. The van der Waals surface area contributed by atoms with Crippen molar-refractivity contribution >= 4 is 70.5 Å². The summed E-state index contributed by atoms with van der Waals surface area (Å²) in [6.07, 6.45) is 4.37. The highest BCUT2D eigenvalue weighted by molar-refractivity contribution is 8.15. The van der Waals surface area contributed by atoms with E-state index in [0.717, 1.165) is 35.9 Å². The molecule has 0 spiro atoms. The Balaban J connectivity index is 0. The predicted molar refractivity (Wildman–Crippen MR) is 209 cm³/mol. The first-order valence-corrected chi connectivity index (χ1v) is 29.5. The number of unbranched alkanes of at least 4 members (excludes halogenated alkanes) is 3. The van der Waals surface area contributed by atoms with Crippen LogP contribution in [0.2, 0.25) is 0 Å². The Morgan fingerprint density at radius 1 is 0.443 bits per heavy atom. The van der Waals surface area contributed by atoms with Crippen molar-refractivity contribution in [2.75, 3.05) is 102 Å². The van der Waals surface area contributed by atoms with E-state index in [-0.39, 0.29) is 44.9 Å². The number of aliphatic hydroxyl groups excluding tert-OH is 2. The molecule has 0 saturated carbocycles. The van der Waals surface area contributed by atoms with E-state index in [1.165, 1.54) is 0 Å². The molecule has 0 aliphatic carbocycles. The van der Waals surface area contributed by atoms with Gasteiger partial charge in [0.05, 0.1) is 72.7 Å². The summed E-state index contributed by atoms with van der Waals surface area (Å²) in [6, 6.07) is 0. The lowest BCUT2D eigenvalue weighted by Crippen LogP contribution is -2.18. The largest absolute Gasteiger partial charge is 0.756 e. The molecular weight excluding hydrogens is 990 g/mol. The topological polar surface area (TPSA) is 403 Å². The number of phosphoric ester groups is 6. The number of hydrogen-bond acceptors (Lipinski definition) is 27. The molecule has 0 aromatic carbocycles. The van der Waals surface area contributed by atoms with Crippen molar-refractivity contribution < 1.29 is 122 Å². The van der Waals surface area contributed by atoms with Crippen LogP contribution in [0, 0.1) is 11.8 Å². The van der Waals surface area contributed by atoms with Gasteiger partial charge in [0.2, 0.25) is 0 Å². The van der Waals surface area contributed by atoms with E-state index in [1.807, 2.05) is 23.5 Å². The fourth-order valence-electron chi connectivity index (χ4n) is 3.41. The van der Waals surface area contributed by atoms with Gasteiger partial charge >= 0.3 is 0 Å². The summed E-state index contributed by atoms with van der Waals surface area (Å²) in [5.74, 6) is 1.40. The Kier molecular flexibility index (Phi) is 38.3. The molecule has 34 heteroatoms. The fourth-order valence-corrected chi connectivity index (χ4v) is 9.33. The van der Waals surface area contributed by atoms with Gasteiger partial charge in [-0.3, -0.25) is 27.4 Å². The Morgan fingerprint density at radius 2 is 0.754 bits per heavy atom. The van der Waals surface area contributed by atoms with Crippen LogP contribution in [0.25, 0.3) is 0 Å².